The van der Waals surface area contributed by atoms with Crippen LogP contribution >= 0.6 is 0 Å². The molecular formula is C75H124O5. The van der Waals surface area contributed by atoms with Gasteiger partial charge in [0.2, 0.25) is 0 Å². The average Bonchev–Trinajstić information content (AvgIpc) is 3.46. The Hall–Kier alpha value is -4.22. The predicted molar refractivity (Wildman–Crippen MR) is 352 cm³/mol. The molecule has 1 atom stereocenters. The van der Waals surface area contributed by atoms with Crippen molar-refractivity contribution in [2.45, 2.75) is 302 Å². The molecular weight excluding hydrogens is 981 g/mol. The molecule has 0 aromatic heterocycles. The minimum absolute atomic E-state index is 0.0734. The van der Waals surface area contributed by atoms with E-state index in [1.807, 2.05) is 0 Å². The molecule has 0 saturated heterocycles. The number of aliphatic hydroxyl groups is 1. The van der Waals surface area contributed by atoms with E-state index in [0.29, 0.717) is 12.8 Å². The number of esters is 2. The minimum Gasteiger partial charge on any atom is -0.462 e. The maximum absolute atomic E-state index is 12.4. The molecule has 0 amide bonds. The van der Waals surface area contributed by atoms with Crippen LogP contribution in [0.3, 0.4) is 0 Å². The Morgan fingerprint density at radius 3 is 0.812 bits per heavy atom. The average molecular weight is 1110 g/mol. The van der Waals surface area contributed by atoms with E-state index >= 15 is 0 Å². The Morgan fingerprint density at radius 2 is 0.537 bits per heavy atom. The van der Waals surface area contributed by atoms with Gasteiger partial charge in [-0.15, -0.1) is 0 Å². The maximum Gasteiger partial charge on any atom is 0.306 e. The molecule has 0 aromatic rings. The van der Waals surface area contributed by atoms with Crippen molar-refractivity contribution >= 4 is 11.9 Å². The molecule has 0 fully saturated rings. The van der Waals surface area contributed by atoms with E-state index in [2.05, 4.69) is 160 Å². The number of ether oxygens (including phenoxy) is 2. The Bertz CT molecular complexity index is 1680. The second-order valence-corrected chi connectivity index (χ2v) is 21.8. The lowest BCUT2D eigenvalue weighted by Gasteiger charge is -2.15. The summed E-state index contributed by atoms with van der Waals surface area (Å²) in [6.45, 7) is 4.03. The Kier molecular flexibility index (Phi) is 65.4. The summed E-state index contributed by atoms with van der Waals surface area (Å²) in [4.78, 5) is 24.6. The zero-order valence-electron chi connectivity index (χ0n) is 52.0. The van der Waals surface area contributed by atoms with Crippen molar-refractivity contribution in [1.29, 1.82) is 0 Å². The number of allylic oxidation sites excluding steroid dienone is 24. The molecule has 0 radical (unpaired) electrons. The van der Waals surface area contributed by atoms with E-state index in [9.17, 15) is 14.7 Å². The number of unbranched alkanes of at least 4 members (excludes halogenated alkanes) is 28. The number of hydrogen-bond donors (Lipinski definition) is 1. The summed E-state index contributed by atoms with van der Waals surface area (Å²) in [6.07, 6.45) is 104. The first-order valence-electron chi connectivity index (χ1n) is 33.4. The number of hydrogen-bond acceptors (Lipinski definition) is 5. The van der Waals surface area contributed by atoms with Gasteiger partial charge >= 0.3 is 11.9 Å². The largest absolute Gasteiger partial charge is 0.462 e. The smallest absolute Gasteiger partial charge is 0.306 e. The molecule has 0 saturated carbocycles. The van der Waals surface area contributed by atoms with Crippen LogP contribution < -0.4 is 0 Å². The van der Waals surface area contributed by atoms with Crippen molar-refractivity contribution in [3.63, 3.8) is 0 Å². The third-order valence-electron chi connectivity index (χ3n) is 14.1. The topological polar surface area (TPSA) is 72.8 Å². The summed E-state index contributed by atoms with van der Waals surface area (Å²) in [6, 6.07) is 0. The predicted octanol–water partition coefficient (Wildman–Crippen LogP) is 23.3. The van der Waals surface area contributed by atoms with Gasteiger partial charge in [0, 0.05) is 12.8 Å². The highest BCUT2D eigenvalue weighted by Gasteiger charge is 2.16. The van der Waals surface area contributed by atoms with Gasteiger partial charge in [-0.3, -0.25) is 9.59 Å². The van der Waals surface area contributed by atoms with E-state index in [1.54, 1.807) is 0 Å². The van der Waals surface area contributed by atoms with Gasteiger partial charge in [0.15, 0.2) is 6.10 Å². The first-order valence-corrected chi connectivity index (χ1v) is 33.4. The van der Waals surface area contributed by atoms with Crippen LogP contribution in [0.15, 0.2) is 146 Å². The lowest BCUT2D eigenvalue weighted by atomic mass is 10.0. The molecule has 1 unspecified atom stereocenters. The van der Waals surface area contributed by atoms with E-state index in [1.165, 1.54) is 161 Å². The van der Waals surface area contributed by atoms with Gasteiger partial charge in [-0.1, -0.05) is 307 Å². The van der Waals surface area contributed by atoms with Crippen LogP contribution in [0.4, 0.5) is 0 Å². The summed E-state index contributed by atoms with van der Waals surface area (Å²) in [5.74, 6) is -0.596. The Labute approximate surface area is 495 Å². The van der Waals surface area contributed by atoms with Crippen LogP contribution in [-0.4, -0.2) is 36.4 Å². The molecule has 0 aliphatic heterocycles. The van der Waals surface area contributed by atoms with Crippen molar-refractivity contribution in [3.8, 4) is 0 Å². The van der Waals surface area contributed by atoms with E-state index in [0.717, 1.165) is 109 Å². The highest BCUT2D eigenvalue weighted by molar-refractivity contribution is 5.70. The van der Waals surface area contributed by atoms with Crippen LogP contribution in [0.1, 0.15) is 296 Å². The zero-order valence-corrected chi connectivity index (χ0v) is 52.0. The van der Waals surface area contributed by atoms with Crippen LogP contribution in [0.2, 0.25) is 0 Å². The van der Waals surface area contributed by atoms with Crippen molar-refractivity contribution in [2.75, 3.05) is 13.2 Å². The fourth-order valence-electron chi connectivity index (χ4n) is 9.14. The molecule has 1 N–H and O–H groups in total. The highest BCUT2D eigenvalue weighted by Crippen LogP contribution is 2.16. The first-order chi connectivity index (χ1) is 39.6. The van der Waals surface area contributed by atoms with E-state index < -0.39 is 6.10 Å². The normalized spacial score (nSPS) is 13.2. The SMILES string of the molecule is CC/C=C\C/C=C\C/C=C\C/C=C\C/C=C\C/C=C\C/C=C\C/C=C\C/C=C\C/C=C\CCCCCCCCCCCCC(=O)OC(CO)COC(=O)CCCCCCCCCCCCCCC/C=C\C/C=C\CCCCCCC. The van der Waals surface area contributed by atoms with Gasteiger partial charge in [-0.25, -0.2) is 0 Å². The molecule has 0 rings (SSSR count). The minimum atomic E-state index is -0.785. The maximum atomic E-state index is 12.4. The fourth-order valence-corrected chi connectivity index (χ4v) is 9.14. The quantitative estimate of drug-likeness (QED) is 0.0373. The first kappa shape index (κ1) is 75.8. The summed E-state index contributed by atoms with van der Waals surface area (Å²) in [7, 11) is 0. The van der Waals surface area contributed by atoms with Crippen molar-refractivity contribution in [2.24, 2.45) is 0 Å². The molecule has 5 heteroatoms. The lowest BCUT2D eigenvalue weighted by Crippen LogP contribution is -2.28. The molecule has 0 aliphatic carbocycles. The number of rotatable bonds is 60. The van der Waals surface area contributed by atoms with Gasteiger partial charge in [0.25, 0.3) is 0 Å². The van der Waals surface area contributed by atoms with Gasteiger partial charge < -0.3 is 14.6 Å². The molecule has 0 spiro atoms. The number of carbonyl (C=O) groups is 2. The summed E-state index contributed by atoms with van der Waals surface area (Å²) in [5.41, 5.74) is 0. The fraction of sp³-hybridized carbons (Fsp3) is 0.653. The van der Waals surface area contributed by atoms with Gasteiger partial charge in [-0.05, 0) is 122 Å². The summed E-state index contributed by atoms with van der Waals surface area (Å²) in [5, 5.41) is 9.69. The Morgan fingerprint density at radius 1 is 0.300 bits per heavy atom. The second kappa shape index (κ2) is 69.1. The van der Waals surface area contributed by atoms with Crippen molar-refractivity contribution < 1.29 is 24.2 Å². The molecule has 5 nitrogen and oxygen atoms in total. The molecule has 454 valence electrons. The monoisotopic (exact) mass is 1100 g/mol. The number of carbonyl (C=O) groups excluding carboxylic acids is 2. The van der Waals surface area contributed by atoms with Gasteiger partial charge in [0.05, 0.1) is 6.61 Å². The lowest BCUT2D eigenvalue weighted by molar-refractivity contribution is -0.161. The van der Waals surface area contributed by atoms with Gasteiger partial charge in [-0.2, -0.15) is 0 Å². The standard InChI is InChI=1S/C75H124O5/c1-3-5-7-9-11-13-15-17-19-21-23-25-27-29-30-31-32-33-34-35-36-37-38-39-40-41-42-43-44-46-48-50-52-54-56-58-60-62-64-66-68-70-75(78)80-73(71-76)72-79-74(77)69-67-65-63-61-59-57-55-53-51-49-47-45-28-26-24-22-20-18-16-14-12-10-8-6-4-2/h5,7,11,13,16-19,22-25,29-30,32-33,35-36,38-39,41-42,44,46,73,76H,3-4,6,8-10,12,14-15,20-21,26-28,31,34,37,40,43,45,47-72H2,1-2H3/b7-5-,13-11-,18-16-,19-17-,24-22-,25-23-,30-29-,33-32-,36-35-,39-38-,42-41-,46-44-. The van der Waals surface area contributed by atoms with E-state index in [4.69, 9.17) is 9.47 Å². The summed E-state index contributed by atoms with van der Waals surface area (Å²) < 4.78 is 10.7. The van der Waals surface area contributed by atoms with Crippen molar-refractivity contribution in [3.05, 3.63) is 146 Å². The van der Waals surface area contributed by atoms with Crippen LogP contribution in [0.5, 0.6) is 0 Å². The number of aliphatic hydroxyl groups excluding tert-OH is 1. The molecule has 0 bridgehead atoms. The summed E-state index contributed by atoms with van der Waals surface area (Å²) >= 11 is 0. The third-order valence-corrected chi connectivity index (χ3v) is 14.1. The molecule has 0 heterocycles. The molecule has 80 heavy (non-hydrogen) atoms. The van der Waals surface area contributed by atoms with Crippen molar-refractivity contribution in [1.82, 2.24) is 0 Å². The third kappa shape index (κ3) is 66.3. The molecule has 0 aromatic carbocycles. The Balaban J connectivity index is 3.56. The van der Waals surface area contributed by atoms with E-state index in [-0.39, 0.29) is 25.2 Å². The second-order valence-electron chi connectivity index (χ2n) is 21.8. The van der Waals surface area contributed by atoms with Gasteiger partial charge in [0.1, 0.15) is 6.61 Å². The highest BCUT2D eigenvalue weighted by atomic mass is 16.6. The molecule has 0 aliphatic rings. The zero-order chi connectivity index (χ0) is 57.6. The van der Waals surface area contributed by atoms with Crippen LogP contribution in [0, 0.1) is 0 Å². The van der Waals surface area contributed by atoms with Crippen LogP contribution in [0.25, 0.3) is 0 Å². The van der Waals surface area contributed by atoms with Crippen LogP contribution in [-0.2, 0) is 19.1 Å².